The lowest BCUT2D eigenvalue weighted by Gasteiger charge is -2.25. The van der Waals surface area contributed by atoms with Crippen LogP contribution < -0.4 is 5.32 Å². The molecule has 3 nitrogen and oxygen atoms in total. The predicted octanol–water partition coefficient (Wildman–Crippen LogP) is 4.09. The van der Waals surface area contributed by atoms with Crippen molar-refractivity contribution in [1.29, 1.82) is 5.26 Å². The minimum atomic E-state index is 0.0431. The maximum Gasteiger partial charge on any atom is 0.227 e. The fourth-order valence-electron chi connectivity index (χ4n) is 2.47. The molecule has 0 bridgehead atoms. The second kappa shape index (κ2) is 6.21. The molecule has 1 fully saturated rings. The molecule has 1 aliphatic carbocycles. The molecule has 19 heavy (non-hydrogen) atoms. The van der Waals surface area contributed by atoms with E-state index >= 15 is 0 Å². The van der Waals surface area contributed by atoms with Crippen molar-refractivity contribution in [1.82, 2.24) is 0 Å². The van der Waals surface area contributed by atoms with E-state index in [1.165, 1.54) is 0 Å². The Morgan fingerprint density at radius 1 is 1.37 bits per heavy atom. The number of hydrogen-bond acceptors (Lipinski definition) is 2. The number of hydrogen-bond donors (Lipinski definition) is 1. The third-order valence-corrected chi connectivity index (χ3v) is 4.24. The molecular formula is C15H17BrN2O. The van der Waals surface area contributed by atoms with Crippen LogP contribution in [0.4, 0.5) is 5.69 Å². The zero-order chi connectivity index (χ0) is 13.8. The van der Waals surface area contributed by atoms with Gasteiger partial charge in [-0.2, -0.15) is 5.26 Å². The van der Waals surface area contributed by atoms with E-state index in [1.54, 1.807) is 18.2 Å². The lowest BCUT2D eigenvalue weighted by Crippen LogP contribution is -2.26. The van der Waals surface area contributed by atoms with E-state index in [1.807, 2.05) is 0 Å². The third kappa shape index (κ3) is 3.57. The summed E-state index contributed by atoms with van der Waals surface area (Å²) in [5, 5.41) is 11.9. The van der Waals surface area contributed by atoms with Crippen LogP contribution in [0.2, 0.25) is 0 Å². The lowest BCUT2D eigenvalue weighted by molar-refractivity contribution is -0.121. The number of carbonyl (C=O) groups excluding carboxylic acids is 1. The molecule has 0 spiro atoms. The van der Waals surface area contributed by atoms with Crippen molar-refractivity contribution in [3.63, 3.8) is 0 Å². The Morgan fingerprint density at radius 3 is 2.68 bits per heavy atom. The van der Waals surface area contributed by atoms with Crippen LogP contribution in [0, 0.1) is 23.2 Å². The molecule has 0 radical (unpaired) electrons. The Labute approximate surface area is 122 Å². The van der Waals surface area contributed by atoms with Gasteiger partial charge in [-0.25, -0.2) is 0 Å². The van der Waals surface area contributed by atoms with E-state index in [9.17, 15) is 4.79 Å². The molecule has 0 unspecified atom stereocenters. The Kier molecular flexibility index (Phi) is 4.60. The molecular weight excluding hydrogens is 304 g/mol. The van der Waals surface area contributed by atoms with Crippen molar-refractivity contribution in [2.24, 2.45) is 11.8 Å². The second-order valence-corrected chi connectivity index (χ2v) is 6.16. The van der Waals surface area contributed by atoms with Crippen molar-refractivity contribution in [2.45, 2.75) is 32.6 Å². The zero-order valence-corrected chi connectivity index (χ0v) is 12.5. The second-order valence-electron chi connectivity index (χ2n) is 5.25. The van der Waals surface area contributed by atoms with Gasteiger partial charge in [-0.3, -0.25) is 4.79 Å². The van der Waals surface area contributed by atoms with Gasteiger partial charge in [-0.05, 0) is 49.8 Å². The quantitative estimate of drug-likeness (QED) is 0.892. The number of nitrogens with one attached hydrogen (secondary N) is 1. The van der Waals surface area contributed by atoms with Crippen LogP contribution in [-0.4, -0.2) is 5.91 Å². The molecule has 1 amide bonds. The van der Waals surface area contributed by atoms with E-state index in [2.05, 4.69) is 34.2 Å². The van der Waals surface area contributed by atoms with E-state index in [-0.39, 0.29) is 11.8 Å². The van der Waals surface area contributed by atoms with Gasteiger partial charge in [0.15, 0.2) is 0 Å². The topological polar surface area (TPSA) is 52.9 Å². The third-order valence-electron chi connectivity index (χ3n) is 3.75. The first kappa shape index (κ1) is 14.1. The summed E-state index contributed by atoms with van der Waals surface area (Å²) in [5.41, 5.74) is 1.10. The minimum Gasteiger partial charge on any atom is -0.325 e. The summed E-state index contributed by atoms with van der Waals surface area (Å²) in [5.74, 6) is 0.854. The highest BCUT2D eigenvalue weighted by atomic mass is 79.9. The average molecular weight is 321 g/mol. The van der Waals surface area contributed by atoms with Crippen molar-refractivity contribution >= 4 is 27.5 Å². The predicted molar refractivity (Wildman–Crippen MR) is 78.6 cm³/mol. The molecule has 2 rings (SSSR count). The smallest absolute Gasteiger partial charge is 0.227 e. The number of nitrogens with zero attached hydrogens (tertiary/aromatic N) is 1. The summed E-state index contributed by atoms with van der Waals surface area (Å²) in [6.45, 7) is 2.23. The zero-order valence-electron chi connectivity index (χ0n) is 10.9. The first-order chi connectivity index (χ1) is 9.10. The largest absolute Gasteiger partial charge is 0.325 e. The molecule has 100 valence electrons. The van der Waals surface area contributed by atoms with Crippen LogP contribution in [-0.2, 0) is 4.79 Å². The summed E-state index contributed by atoms with van der Waals surface area (Å²) < 4.78 is 0.860. The standard InChI is InChI=1S/C15H17BrN2O/c1-10-2-4-11(5-3-10)15(19)18-14-8-13(16)7-6-12(14)9-17/h6-8,10-11H,2-5H2,1H3,(H,18,19). The molecule has 0 aliphatic heterocycles. The van der Waals surface area contributed by atoms with Crippen LogP contribution in [0.15, 0.2) is 22.7 Å². The van der Waals surface area contributed by atoms with Crippen LogP contribution in [0.3, 0.4) is 0 Å². The summed E-state index contributed by atoms with van der Waals surface area (Å²) in [7, 11) is 0. The highest BCUT2D eigenvalue weighted by Crippen LogP contribution is 2.30. The monoisotopic (exact) mass is 320 g/mol. The average Bonchev–Trinajstić information content (AvgIpc) is 2.39. The van der Waals surface area contributed by atoms with Crippen molar-refractivity contribution < 1.29 is 4.79 Å². The minimum absolute atomic E-state index is 0.0431. The molecule has 1 aliphatic rings. The molecule has 1 aromatic rings. The van der Waals surface area contributed by atoms with Gasteiger partial charge in [0, 0.05) is 10.4 Å². The Balaban J connectivity index is 2.07. The number of carbonyl (C=O) groups is 1. The van der Waals surface area contributed by atoms with Crippen LogP contribution in [0.25, 0.3) is 0 Å². The van der Waals surface area contributed by atoms with Gasteiger partial charge in [-0.1, -0.05) is 22.9 Å². The number of rotatable bonds is 2. The van der Waals surface area contributed by atoms with Gasteiger partial charge in [0.2, 0.25) is 5.91 Å². The molecule has 0 aromatic heterocycles. The number of nitriles is 1. The SMILES string of the molecule is CC1CCC(C(=O)Nc2cc(Br)ccc2C#N)CC1. The molecule has 1 saturated carbocycles. The lowest BCUT2D eigenvalue weighted by atomic mass is 9.82. The highest BCUT2D eigenvalue weighted by Gasteiger charge is 2.24. The summed E-state index contributed by atoms with van der Waals surface area (Å²) in [6, 6.07) is 7.40. The fourth-order valence-corrected chi connectivity index (χ4v) is 2.84. The van der Waals surface area contributed by atoms with E-state index in [0.29, 0.717) is 11.3 Å². The molecule has 0 saturated heterocycles. The Bertz CT molecular complexity index is 513. The molecule has 1 N–H and O–H groups in total. The van der Waals surface area contributed by atoms with Gasteiger partial charge in [0.25, 0.3) is 0 Å². The fraction of sp³-hybridized carbons (Fsp3) is 0.467. The number of anilines is 1. The van der Waals surface area contributed by atoms with E-state index < -0.39 is 0 Å². The normalized spacial score (nSPS) is 22.6. The first-order valence-corrected chi connectivity index (χ1v) is 7.40. The molecule has 0 heterocycles. The molecule has 0 atom stereocenters. The van der Waals surface area contributed by atoms with Gasteiger partial charge in [0.05, 0.1) is 11.3 Å². The van der Waals surface area contributed by atoms with Gasteiger partial charge < -0.3 is 5.32 Å². The highest BCUT2D eigenvalue weighted by molar-refractivity contribution is 9.10. The van der Waals surface area contributed by atoms with Crippen LogP contribution in [0.1, 0.15) is 38.2 Å². The van der Waals surface area contributed by atoms with Gasteiger partial charge >= 0.3 is 0 Å². The van der Waals surface area contributed by atoms with Crippen LogP contribution in [0.5, 0.6) is 0 Å². The first-order valence-electron chi connectivity index (χ1n) is 6.60. The van der Waals surface area contributed by atoms with E-state index in [4.69, 9.17) is 5.26 Å². The van der Waals surface area contributed by atoms with Gasteiger partial charge in [0.1, 0.15) is 6.07 Å². The molecule has 4 heteroatoms. The Hall–Kier alpha value is -1.34. The van der Waals surface area contributed by atoms with Crippen molar-refractivity contribution in [2.75, 3.05) is 5.32 Å². The van der Waals surface area contributed by atoms with Gasteiger partial charge in [-0.15, -0.1) is 0 Å². The maximum absolute atomic E-state index is 12.2. The summed E-state index contributed by atoms with van der Waals surface area (Å²) >= 11 is 3.36. The maximum atomic E-state index is 12.2. The number of benzene rings is 1. The molecule has 1 aromatic carbocycles. The van der Waals surface area contributed by atoms with Crippen molar-refractivity contribution in [3.05, 3.63) is 28.2 Å². The Morgan fingerprint density at radius 2 is 2.05 bits per heavy atom. The number of halogens is 1. The van der Waals surface area contributed by atoms with Crippen LogP contribution >= 0.6 is 15.9 Å². The van der Waals surface area contributed by atoms with E-state index in [0.717, 1.165) is 36.1 Å². The summed E-state index contributed by atoms with van der Waals surface area (Å²) in [4.78, 5) is 12.2. The summed E-state index contributed by atoms with van der Waals surface area (Å²) in [6.07, 6.45) is 4.12. The number of amides is 1. The van der Waals surface area contributed by atoms with Crippen molar-refractivity contribution in [3.8, 4) is 6.07 Å².